The van der Waals surface area contributed by atoms with Gasteiger partial charge in [-0.2, -0.15) is 0 Å². The van der Waals surface area contributed by atoms with Gasteiger partial charge in [0.2, 0.25) is 0 Å². The molecule has 18 heavy (non-hydrogen) atoms. The minimum Gasteiger partial charge on any atom is -0.468 e. The summed E-state index contributed by atoms with van der Waals surface area (Å²) in [6, 6.07) is 1.97. The molecule has 0 saturated heterocycles. The van der Waals surface area contributed by atoms with Crippen molar-refractivity contribution in [3.63, 3.8) is 0 Å². The molecular formula is C15H25NO2. The Morgan fingerprint density at radius 1 is 1.28 bits per heavy atom. The summed E-state index contributed by atoms with van der Waals surface area (Å²) in [4.78, 5) is 0. The quantitative estimate of drug-likeness (QED) is 0.864. The Hall–Kier alpha value is -0.800. The Morgan fingerprint density at radius 2 is 1.94 bits per heavy atom. The van der Waals surface area contributed by atoms with Gasteiger partial charge in [-0.15, -0.1) is 0 Å². The molecule has 3 nitrogen and oxygen atoms in total. The lowest BCUT2D eigenvalue weighted by molar-refractivity contribution is -0.0247. The van der Waals surface area contributed by atoms with E-state index in [9.17, 15) is 5.11 Å². The molecule has 3 heteroatoms. The summed E-state index contributed by atoms with van der Waals surface area (Å²) in [6.45, 7) is 7.96. The molecule has 1 aliphatic rings. The van der Waals surface area contributed by atoms with Crippen LogP contribution in [0.15, 0.2) is 16.7 Å². The number of furan rings is 1. The van der Waals surface area contributed by atoms with Gasteiger partial charge in [0.15, 0.2) is 0 Å². The van der Waals surface area contributed by atoms with Crippen molar-refractivity contribution in [2.75, 3.05) is 6.54 Å². The Kier molecular flexibility index (Phi) is 3.83. The van der Waals surface area contributed by atoms with Crippen LogP contribution in [0.1, 0.15) is 50.9 Å². The van der Waals surface area contributed by atoms with E-state index in [0.29, 0.717) is 18.5 Å². The molecule has 0 aliphatic heterocycles. The van der Waals surface area contributed by atoms with Crippen LogP contribution in [-0.4, -0.2) is 17.3 Å². The zero-order valence-corrected chi connectivity index (χ0v) is 11.8. The number of nitrogens with one attached hydrogen (secondary N) is 1. The normalized spacial score (nSPS) is 22.0. The van der Waals surface area contributed by atoms with E-state index in [1.165, 1.54) is 5.56 Å². The van der Waals surface area contributed by atoms with Crippen LogP contribution in [0.4, 0.5) is 0 Å². The summed E-state index contributed by atoms with van der Waals surface area (Å²) >= 11 is 0. The van der Waals surface area contributed by atoms with Gasteiger partial charge < -0.3 is 14.8 Å². The molecule has 0 radical (unpaired) electrons. The molecular weight excluding hydrogens is 226 g/mol. The van der Waals surface area contributed by atoms with Crippen molar-refractivity contribution < 1.29 is 9.52 Å². The zero-order chi connectivity index (χ0) is 13.2. The molecule has 0 amide bonds. The highest BCUT2D eigenvalue weighted by molar-refractivity contribution is 5.14. The van der Waals surface area contributed by atoms with Gasteiger partial charge in [0.25, 0.3) is 0 Å². The van der Waals surface area contributed by atoms with Crippen LogP contribution < -0.4 is 5.32 Å². The van der Waals surface area contributed by atoms with Crippen LogP contribution in [0.25, 0.3) is 0 Å². The molecule has 1 aromatic heterocycles. The molecule has 2 rings (SSSR count). The molecule has 0 aromatic carbocycles. The van der Waals surface area contributed by atoms with Crippen molar-refractivity contribution in [3.05, 3.63) is 23.7 Å². The van der Waals surface area contributed by atoms with E-state index in [4.69, 9.17) is 4.42 Å². The van der Waals surface area contributed by atoms with Crippen molar-refractivity contribution in [3.8, 4) is 0 Å². The fourth-order valence-electron chi connectivity index (χ4n) is 2.56. The lowest BCUT2D eigenvalue weighted by atomic mass is 9.71. The van der Waals surface area contributed by atoms with Crippen molar-refractivity contribution >= 4 is 0 Å². The predicted molar refractivity (Wildman–Crippen MR) is 72.4 cm³/mol. The molecule has 2 N–H and O–H groups in total. The van der Waals surface area contributed by atoms with E-state index in [0.717, 1.165) is 31.4 Å². The minimum absolute atomic E-state index is 0.393. The maximum absolute atomic E-state index is 10.5. The van der Waals surface area contributed by atoms with Gasteiger partial charge in [0.1, 0.15) is 5.76 Å². The van der Waals surface area contributed by atoms with Gasteiger partial charge in [0.05, 0.1) is 18.4 Å². The SMILES string of the molecule is Cc1ccoc1CNCC1(O)CCC(C)(C)CC1. The topological polar surface area (TPSA) is 45.4 Å². The highest BCUT2D eigenvalue weighted by Crippen LogP contribution is 2.39. The Labute approximate surface area is 110 Å². The van der Waals surface area contributed by atoms with Gasteiger partial charge in [-0.3, -0.25) is 0 Å². The third-order valence-corrected chi connectivity index (χ3v) is 4.24. The lowest BCUT2D eigenvalue weighted by Crippen LogP contribution is -2.44. The van der Waals surface area contributed by atoms with Gasteiger partial charge in [0, 0.05) is 6.54 Å². The third-order valence-electron chi connectivity index (χ3n) is 4.24. The summed E-state index contributed by atoms with van der Waals surface area (Å²) in [6.07, 6.45) is 5.70. The molecule has 1 aromatic rings. The van der Waals surface area contributed by atoms with Gasteiger partial charge in [-0.25, -0.2) is 0 Å². The van der Waals surface area contributed by atoms with Crippen LogP contribution in [0.3, 0.4) is 0 Å². The Morgan fingerprint density at radius 3 is 2.50 bits per heavy atom. The van der Waals surface area contributed by atoms with Gasteiger partial charge in [-0.1, -0.05) is 13.8 Å². The summed E-state index contributed by atoms with van der Waals surface area (Å²) < 4.78 is 5.38. The Bertz CT molecular complexity index is 385. The predicted octanol–water partition coefficient (Wildman–Crippen LogP) is 3.01. The van der Waals surface area contributed by atoms with Crippen molar-refractivity contribution in [1.82, 2.24) is 5.32 Å². The van der Waals surface area contributed by atoms with Crippen molar-refractivity contribution in [1.29, 1.82) is 0 Å². The van der Waals surface area contributed by atoms with E-state index in [1.807, 2.05) is 13.0 Å². The zero-order valence-electron chi connectivity index (χ0n) is 11.8. The number of hydrogen-bond acceptors (Lipinski definition) is 3. The fraction of sp³-hybridized carbons (Fsp3) is 0.733. The summed E-state index contributed by atoms with van der Waals surface area (Å²) in [5.41, 5.74) is 1.03. The number of hydrogen-bond donors (Lipinski definition) is 2. The highest BCUT2D eigenvalue weighted by Gasteiger charge is 2.36. The van der Waals surface area contributed by atoms with E-state index in [2.05, 4.69) is 19.2 Å². The molecule has 0 bridgehead atoms. The van der Waals surface area contributed by atoms with Gasteiger partial charge >= 0.3 is 0 Å². The van der Waals surface area contributed by atoms with Crippen molar-refractivity contribution in [2.24, 2.45) is 5.41 Å². The van der Waals surface area contributed by atoms with E-state index in [1.54, 1.807) is 6.26 Å². The average Bonchev–Trinajstić information content (AvgIpc) is 2.70. The molecule has 0 spiro atoms. The van der Waals surface area contributed by atoms with Crippen LogP contribution in [0.2, 0.25) is 0 Å². The second kappa shape index (κ2) is 5.06. The van der Waals surface area contributed by atoms with Crippen molar-refractivity contribution in [2.45, 2.75) is 58.6 Å². The molecule has 0 unspecified atom stereocenters. The molecule has 0 atom stereocenters. The molecule has 1 saturated carbocycles. The van der Waals surface area contributed by atoms with E-state index < -0.39 is 5.60 Å². The highest BCUT2D eigenvalue weighted by atomic mass is 16.3. The summed E-state index contributed by atoms with van der Waals surface area (Å²) in [5, 5.41) is 13.8. The third kappa shape index (κ3) is 3.36. The summed E-state index contributed by atoms with van der Waals surface area (Å²) in [7, 11) is 0. The largest absolute Gasteiger partial charge is 0.468 e. The van der Waals surface area contributed by atoms with E-state index in [-0.39, 0.29) is 0 Å². The Balaban J connectivity index is 1.78. The average molecular weight is 251 g/mol. The van der Waals surface area contributed by atoms with Crippen LogP contribution in [0.5, 0.6) is 0 Å². The second-order valence-corrected chi connectivity index (χ2v) is 6.52. The monoisotopic (exact) mass is 251 g/mol. The fourth-order valence-corrected chi connectivity index (χ4v) is 2.56. The smallest absolute Gasteiger partial charge is 0.120 e. The first kappa shape index (κ1) is 13.6. The first-order chi connectivity index (χ1) is 8.40. The van der Waals surface area contributed by atoms with Crippen LogP contribution >= 0.6 is 0 Å². The first-order valence-corrected chi connectivity index (χ1v) is 6.86. The standard InChI is InChI=1S/C15H25NO2/c1-12-4-9-18-13(12)10-16-11-15(17)7-5-14(2,3)6-8-15/h4,9,16-17H,5-8,10-11H2,1-3H3. The maximum Gasteiger partial charge on any atom is 0.120 e. The van der Waals surface area contributed by atoms with Gasteiger partial charge in [-0.05, 0) is 49.7 Å². The maximum atomic E-state index is 10.5. The number of aliphatic hydroxyl groups is 1. The molecule has 102 valence electrons. The molecule has 1 fully saturated rings. The van der Waals surface area contributed by atoms with Crippen LogP contribution in [0, 0.1) is 12.3 Å². The second-order valence-electron chi connectivity index (χ2n) is 6.52. The lowest BCUT2D eigenvalue weighted by Gasteiger charge is -2.40. The van der Waals surface area contributed by atoms with E-state index >= 15 is 0 Å². The minimum atomic E-state index is -0.532. The summed E-state index contributed by atoms with van der Waals surface area (Å²) in [5.74, 6) is 0.967. The number of aryl methyl sites for hydroxylation is 1. The molecule has 1 heterocycles. The van der Waals surface area contributed by atoms with Crippen LogP contribution in [-0.2, 0) is 6.54 Å². The molecule has 1 aliphatic carbocycles. The first-order valence-electron chi connectivity index (χ1n) is 6.86. The number of rotatable bonds is 4.